The predicted molar refractivity (Wildman–Crippen MR) is 79.3 cm³/mol. The van der Waals surface area contributed by atoms with Gasteiger partial charge in [0.25, 0.3) is 0 Å². The Morgan fingerprint density at radius 2 is 2.00 bits per heavy atom. The van der Waals surface area contributed by atoms with Crippen LogP contribution in [-0.2, 0) is 20.4 Å². The third-order valence-corrected chi connectivity index (χ3v) is 4.05. The minimum atomic E-state index is -1.33. The number of amides is 1. The van der Waals surface area contributed by atoms with Crippen molar-refractivity contribution in [2.75, 3.05) is 16.8 Å². The predicted octanol–water partition coefficient (Wildman–Crippen LogP) is 1.86. The van der Waals surface area contributed by atoms with Crippen LogP contribution in [0.5, 0.6) is 0 Å². The lowest BCUT2D eigenvalue weighted by Gasteiger charge is -2.09. The summed E-state index contributed by atoms with van der Waals surface area (Å²) in [6, 6.07) is 5.73. The highest BCUT2D eigenvalue weighted by molar-refractivity contribution is 7.85. The molecule has 0 radical (unpaired) electrons. The fourth-order valence-electron chi connectivity index (χ4n) is 1.66. The number of hydrogen-bond donors (Lipinski definition) is 2. The number of rotatable bonds is 7. The zero-order chi connectivity index (χ0) is 15.1. The molecule has 110 valence electrons. The van der Waals surface area contributed by atoms with Crippen LogP contribution in [-0.4, -0.2) is 32.7 Å². The first-order valence-corrected chi connectivity index (χ1v) is 7.81. The minimum absolute atomic E-state index is 0.0235. The number of carboxylic acid groups (broad SMARTS) is 1. The van der Waals surface area contributed by atoms with Gasteiger partial charge in [-0.1, -0.05) is 12.1 Å². The Labute approximate surface area is 120 Å². The number of aryl methyl sites for hydroxylation is 2. The topological polar surface area (TPSA) is 83.5 Å². The largest absolute Gasteiger partial charge is 0.481 e. The Hall–Kier alpha value is -1.69. The monoisotopic (exact) mass is 297 g/mol. The fraction of sp³-hybridized carbons (Fsp3) is 0.429. The van der Waals surface area contributed by atoms with Crippen LogP contribution < -0.4 is 5.32 Å². The summed E-state index contributed by atoms with van der Waals surface area (Å²) in [5.41, 5.74) is 2.70. The van der Waals surface area contributed by atoms with E-state index in [1.54, 1.807) is 0 Å². The van der Waals surface area contributed by atoms with Gasteiger partial charge in [0.2, 0.25) is 5.91 Å². The van der Waals surface area contributed by atoms with Crippen molar-refractivity contribution in [1.29, 1.82) is 0 Å². The SMILES string of the molecule is Cc1ccc(C)c(NC(=O)CS(=O)CCCC(=O)O)c1. The van der Waals surface area contributed by atoms with Gasteiger partial charge in [0.1, 0.15) is 5.75 Å². The molecule has 1 aromatic carbocycles. The Morgan fingerprint density at radius 1 is 1.30 bits per heavy atom. The quantitative estimate of drug-likeness (QED) is 0.804. The number of anilines is 1. The number of hydrogen-bond acceptors (Lipinski definition) is 3. The number of benzene rings is 1. The van der Waals surface area contributed by atoms with Crippen molar-refractivity contribution in [2.45, 2.75) is 26.7 Å². The van der Waals surface area contributed by atoms with Gasteiger partial charge in [0.05, 0.1) is 0 Å². The summed E-state index contributed by atoms with van der Waals surface area (Å²) in [5, 5.41) is 11.2. The molecule has 0 aliphatic carbocycles. The molecular weight excluding hydrogens is 278 g/mol. The Kier molecular flexibility index (Phi) is 6.38. The average Bonchev–Trinajstić information content (AvgIpc) is 2.33. The zero-order valence-electron chi connectivity index (χ0n) is 11.6. The second-order valence-electron chi connectivity index (χ2n) is 4.65. The average molecular weight is 297 g/mol. The molecular formula is C14H19NO4S. The van der Waals surface area contributed by atoms with Crippen molar-refractivity contribution in [2.24, 2.45) is 0 Å². The normalized spacial score (nSPS) is 11.9. The summed E-state index contributed by atoms with van der Waals surface area (Å²) in [6.45, 7) is 3.82. The molecule has 0 fully saturated rings. The number of nitrogens with one attached hydrogen (secondary N) is 1. The van der Waals surface area contributed by atoms with E-state index >= 15 is 0 Å². The highest BCUT2D eigenvalue weighted by atomic mass is 32.2. The van der Waals surface area contributed by atoms with Gasteiger partial charge in [-0.15, -0.1) is 0 Å². The summed E-state index contributed by atoms with van der Waals surface area (Å²) in [5.74, 6) is -1.10. The van der Waals surface area contributed by atoms with E-state index in [9.17, 15) is 13.8 Å². The van der Waals surface area contributed by atoms with Crippen LogP contribution in [0.25, 0.3) is 0 Å². The van der Waals surface area contributed by atoms with Crippen LogP contribution in [0.15, 0.2) is 18.2 Å². The molecule has 0 spiro atoms. The second kappa shape index (κ2) is 7.79. The Balaban J connectivity index is 2.45. The summed E-state index contributed by atoms with van der Waals surface area (Å²) in [7, 11) is -1.33. The molecule has 2 N–H and O–H groups in total. The number of carboxylic acids is 1. The molecule has 20 heavy (non-hydrogen) atoms. The second-order valence-corrected chi connectivity index (χ2v) is 6.23. The van der Waals surface area contributed by atoms with E-state index in [-0.39, 0.29) is 23.8 Å². The number of aliphatic carboxylic acids is 1. The van der Waals surface area contributed by atoms with Crippen LogP contribution in [0.1, 0.15) is 24.0 Å². The summed E-state index contributed by atoms with van der Waals surface area (Å²) in [4.78, 5) is 22.1. The van der Waals surface area contributed by atoms with Gasteiger partial charge >= 0.3 is 5.97 Å². The van der Waals surface area contributed by atoms with Crippen molar-refractivity contribution < 1.29 is 18.9 Å². The molecule has 1 aromatic rings. The fourth-order valence-corrected chi connectivity index (χ4v) is 2.63. The lowest BCUT2D eigenvalue weighted by molar-refractivity contribution is -0.137. The van der Waals surface area contributed by atoms with Crippen molar-refractivity contribution in [1.82, 2.24) is 0 Å². The first-order valence-electron chi connectivity index (χ1n) is 6.32. The third kappa shape index (κ3) is 5.97. The van der Waals surface area contributed by atoms with Gasteiger partial charge in [-0.2, -0.15) is 0 Å². The third-order valence-electron chi connectivity index (χ3n) is 2.72. The summed E-state index contributed by atoms with van der Waals surface area (Å²) in [6.07, 6.45) is 0.295. The van der Waals surface area contributed by atoms with Gasteiger partial charge in [-0.3, -0.25) is 13.8 Å². The lowest BCUT2D eigenvalue weighted by atomic mass is 10.1. The van der Waals surface area contributed by atoms with Gasteiger partial charge in [-0.25, -0.2) is 0 Å². The van der Waals surface area contributed by atoms with Crippen LogP contribution in [0.3, 0.4) is 0 Å². The standard InChI is InChI=1S/C14H19NO4S/c1-10-5-6-11(2)12(8-10)15-13(16)9-20(19)7-3-4-14(17)18/h5-6,8H,3-4,7,9H2,1-2H3,(H,15,16)(H,17,18). The Morgan fingerprint density at radius 3 is 2.65 bits per heavy atom. The highest BCUT2D eigenvalue weighted by Crippen LogP contribution is 2.16. The van der Waals surface area contributed by atoms with E-state index in [4.69, 9.17) is 5.11 Å². The molecule has 0 saturated carbocycles. The van der Waals surface area contributed by atoms with Crippen LogP contribution in [0.2, 0.25) is 0 Å². The van der Waals surface area contributed by atoms with Crippen LogP contribution >= 0.6 is 0 Å². The molecule has 0 bridgehead atoms. The van der Waals surface area contributed by atoms with Crippen LogP contribution in [0.4, 0.5) is 5.69 Å². The molecule has 5 nitrogen and oxygen atoms in total. The van der Waals surface area contributed by atoms with E-state index in [0.717, 1.165) is 16.8 Å². The maximum absolute atomic E-state index is 11.8. The molecule has 0 aromatic heterocycles. The molecule has 1 unspecified atom stereocenters. The molecule has 0 aliphatic heterocycles. The minimum Gasteiger partial charge on any atom is -0.481 e. The number of carbonyl (C=O) groups excluding carboxylic acids is 1. The highest BCUT2D eigenvalue weighted by Gasteiger charge is 2.10. The summed E-state index contributed by atoms with van der Waals surface area (Å²) >= 11 is 0. The molecule has 0 saturated heterocycles. The van der Waals surface area contributed by atoms with E-state index < -0.39 is 16.8 Å². The van der Waals surface area contributed by atoms with Crippen molar-refractivity contribution >= 4 is 28.4 Å². The summed E-state index contributed by atoms with van der Waals surface area (Å²) < 4.78 is 11.6. The van der Waals surface area contributed by atoms with Gasteiger partial charge in [0.15, 0.2) is 0 Å². The molecule has 1 atom stereocenters. The first kappa shape index (κ1) is 16.4. The van der Waals surface area contributed by atoms with Gasteiger partial charge < -0.3 is 10.4 Å². The van der Waals surface area contributed by atoms with E-state index in [1.807, 2.05) is 32.0 Å². The smallest absolute Gasteiger partial charge is 0.303 e. The molecule has 0 heterocycles. The van der Waals surface area contributed by atoms with E-state index in [2.05, 4.69) is 5.32 Å². The maximum atomic E-state index is 11.8. The van der Waals surface area contributed by atoms with Crippen LogP contribution in [0, 0.1) is 13.8 Å². The number of carbonyl (C=O) groups is 2. The van der Waals surface area contributed by atoms with E-state index in [0.29, 0.717) is 6.42 Å². The Bertz CT molecular complexity index is 528. The van der Waals surface area contributed by atoms with Crippen molar-refractivity contribution in [3.8, 4) is 0 Å². The van der Waals surface area contributed by atoms with Crippen molar-refractivity contribution in [3.05, 3.63) is 29.3 Å². The molecule has 6 heteroatoms. The maximum Gasteiger partial charge on any atom is 0.303 e. The first-order chi connectivity index (χ1) is 9.38. The molecule has 0 aliphatic rings. The zero-order valence-corrected chi connectivity index (χ0v) is 12.5. The molecule has 1 rings (SSSR count). The lowest BCUT2D eigenvalue weighted by Crippen LogP contribution is -2.21. The van der Waals surface area contributed by atoms with E-state index in [1.165, 1.54) is 0 Å². The van der Waals surface area contributed by atoms with Crippen molar-refractivity contribution in [3.63, 3.8) is 0 Å². The van der Waals surface area contributed by atoms with Gasteiger partial charge in [0, 0.05) is 28.7 Å². The van der Waals surface area contributed by atoms with Gasteiger partial charge in [-0.05, 0) is 37.5 Å². The molecule has 1 amide bonds.